The molecule has 5 heteroatoms. The van der Waals surface area contributed by atoms with Gasteiger partial charge in [0.2, 0.25) is 0 Å². The summed E-state index contributed by atoms with van der Waals surface area (Å²) in [6.45, 7) is 8.23. The molecule has 0 radical (unpaired) electrons. The Morgan fingerprint density at radius 1 is 1.40 bits per heavy atom. The molecular weight excluding hydrogens is 255 g/mol. The van der Waals surface area contributed by atoms with Gasteiger partial charge in [0.25, 0.3) is 0 Å². The van der Waals surface area contributed by atoms with Crippen molar-refractivity contribution in [3.8, 4) is 0 Å². The molecule has 1 atom stereocenters. The van der Waals surface area contributed by atoms with E-state index < -0.39 is 0 Å². The molecule has 1 aliphatic rings. The van der Waals surface area contributed by atoms with Crippen molar-refractivity contribution in [1.29, 1.82) is 0 Å². The molecule has 0 aromatic carbocycles. The van der Waals surface area contributed by atoms with Gasteiger partial charge in [0.05, 0.1) is 0 Å². The Bertz CT molecular complexity index is 438. The summed E-state index contributed by atoms with van der Waals surface area (Å²) in [5, 5.41) is 3.17. The molecule has 1 N–H and O–H groups in total. The van der Waals surface area contributed by atoms with Crippen molar-refractivity contribution in [2.75, 3.05) is 38.1 Å². The lowest BCUT2D eigenvalue weighted by Crippen LogP contribution is -2.51. The van der Waals surface area contributed by atoms with Crippen LogP contribution in [0.15, 0.2) is 12.3 Å². The van der Waals surface area contributed by atoms with Crippen molar-refractivity contribution in [2.45, 2.75) is 32.9 Å². The summed E-state index contributed by atoms with van der Waals surface area (Å²) >= 11 is 0. The van der Waals surface area contributed by atoms with E-state index in [1.165, 1.54) is 0 Å². The second kappa shape index (κ2) is 6.99. The summed E-state index contributed by atoms with van der Waals surface area (Å²) in [4.78, 5) is 8.70. The lowest BCUT2D eigenvalue weighted by atomic mass is 10.1. The van der Waals surface area contributed by atoms with Crippen molar-refractivity contribution >= 4 is 5.82 Å². The van der Waals surface area contributed by atoms with E-state index in [9.17, 15) is 4.39 Å². The van der Waals surface area contributed by atoms with Gasteiger partial charge in [-0.2, -0.15) is 0 Å². The SMILES string of the molecule is CCNCc1ccnc(N2CCN(C)C(CC)C2)c1F. The number of anilines is 1. The molecule has 0 spiro atoms. The summed E-state index contributed by atoms with van der Waals surface area (Å²) in [6.07, 6.45) is 2.79. The molecule has 2 rings (SSSR count). The molecule has 1 aliphatic heterocycles. The Hall–Kier alpha value is -1.20. The molecule has 1 aromatic heterocycles. The Morgan fingerprint density at radius 3 is 2.90 bits per heavy atom. The average molecular weight is 280 g/mol. The van der Waals surface area contributed by atoms with Gasteiger partial charge in [-0.25, -0.2) is 9.37 Å². The summed E-state index contributed by atoms with van der Waals surface area (Å²) in [5.41, 5.74) is 0.698. The predicted octanol–water partition coefficient (Wildman–Crippen LogP) is 1.86. The van der Waals surface area contributed by atoms with E-state index in [-0.39, 0.29) is 5.82 Å². The normalized spacial score (nSPS) is 20.4. The van der Waals surface area contributed by atoms with Gasteiger partial charge in [-0.1, -0.05) is 13.8 Å². The smallest absolute Gasteiger partial charge is 0.170 e. The average Bonchev–Trinajstić information content (AvgIpc) is 2.47. The number of rotatable bonds is 5. The summed E-state index contributed by atoms with van der Waals surface area (Å²) in [7, 11) is 2.14. The first-order valence-electron chi connectivity index (χ1n) is 7.46. The van der Waals surface area contributed by atoms with Crippen LogP contribution in [0.5, 0.6) is 0 Å². The monoisotopic (exact) mass is 280 g/mol. The number of piperazine rings is 1. The van der Waals surface area contributed by atoms with Crippen LogP contribution in [0.1, 0.15) is 25.8 Å². The number of pyridine rings is 1. The Labute approximate surface area is 121 Å². The van der Waals surface area contributed by atoms with Gasteiger partial charge < -0.3 is 10.2 Å². The van der Waals surface area contributed by atoms with Crippen LogP contribution in [-0.2, 0) is 6.54 Å². The van der Waals surface area contributed by atoms with E-state index >= 15 is 0 Å². The van der Waals surface area contributed by atoms with Crippen LogP contribution in [0.4, 0.5) is 10.2 Å². The fraction of sp³-hybridized carbons (Fsp3) is 0.667. The Balaban J connectivity index is 2.16. The first-order valence-corrected chi connectivity index (χ1v) is 7.46. The van der Waals surface area contributed by atoms with Crippen LogP contribution in [0.2, 0.25) is 0 Å². The summed E-state index contributed by atoms with van der Waals surface area (Å²) < 4.78 is 14.6. The molecule has 112 valence electrons. The zero-order valence-corrected chi connectivity index (χ0v) is 12.7. The van der Waals surface area contributed by atoms with Crippen LogP contribution < -0.4 is 10.2 Å². The highest BCUT2D eigenvalue weighted by Crippen LogP contribution is 2.22. The molecule has 1 aromatic rings. The number of likely N-dealkylation sites (N-methyl/N-ethyl adjacent to an activating group) is 1. The minimum absolute atomic E-state index is 0.173. The standard InChI is InChI=1S/C15H25FN4/c1-4-13-11-20(9-8-19(13)3)15-14(16)12(6-7-18-15)10-17-5-2/h6-7,13,17H,4-5,8-11H2,1-3H3. The number of hydrogen-bond acceptors (Lipinski definition) is 4. The third-order valence-electron chi connectivity index (χ3n) is 4.06. The van der Waals surface area contributed by atoms with E-state index in [2.05, 4.69) is 34.1 Å². The van der Waals surface area contributed by atoms with Gasteiger partial charge in [-0.05, 0) is 26.1 Å². The molecule has 1 saturated heterocycles. The topological polar surface area (TPSA) is 31.4 Å². The molecule has 0 aliphatic carbocycles. The number of hydrogen-bond donors (Lipinski definition) is 1. The van der Waals surface area contributed by atoms with E-state index in [0.29, 0.717) is 24.0 Å². The summed E-state index contributed by atoms with van der Waals surface area (Å²) in [6, 6.07) is 2.23. The lowest BCUT2D eigenvalue weighted by Gasteiger charge is -2.39. The van der Waals surface area contributed by atoms with Gasteiger partial charge >= 0.3 is 0 Å². The fourth-order valence-electron chi connectivity index (χ4n) is 2.67. The highest BCUT2D eigenvalue weighted by molar-refractivity contribution is 5.44. The van der Waals surface area contributed by atoms with Crippen LogP contribution in [0.25, 0.3) is 0 Å². The lowest BCUT2D eigenvalue weighted by molar-refractivity contribution is 0.212. The minimum Gasteiger partial charge on any atom is -0.351 e. The maximum Gasteiger partial charge on any atom is 0.170 e. The van der Waals surface area contributed by atoms with E-state index in [1.54, 1.807) is 12.3 Å². The van der Waals surface area contributed by atoms with Crippen LogP contribution in [-0.4, -0.2) is 49.2 Å². The van der Waals surface area contributed by atoms with Gasteiger partial charge in [0.1, 0.15) is 0 Å². The number of nitrogens with one attached hydrogen (secondary N) is 1. The molecular formula is C15H25FN4. The van der Waals surface area contributed by atoms with Crippen molar-refractivity contribution in [2.24, 2.45) is 0 Å². The third-order valence-corrected chi connectivity index (χ3v) is 4.06. The number of nitrogens with zero attached hydrogens (tertiary/aromatic N) is 3. The molecule has 0 bridgehead atoms. The molecule has 2 heterocycles. The first kappa shape index (κ1) is 15.2. The second-order valence-corrected chi connectivity index (χ2v) is 5.38. The Kier molecular flexibility index (Phi) is 5.31. The van der Waals surface area contributed by atoms with Crippen molar-refractivity contribution < 1.29 is 4.39 Å². The maximum atomic E-state index is 14.6. The van der Waals surface area contributed by atoms with Gasteiger partial charge in [0, 0.05) is 44.0 Å². The van der Waals surface area contributed by atoms with Crippen LogP contribution in [0.3, 0.4) is 0 Å². The third kappa shape index (κ3) is 3.27. The molecule has 20 heavy (non-hydrogen) atoms. The van der Waals surface area contributed by atoms with E-state index in [0.717, 1.165) is 32.6 Å². The molecule has 0 saturated carbocycles. The van der Waals surface area contributed by atoms with Gasteiger partial charge in [-0.15, -0.1) is 0 Å². The highest BCUT2D eigenvalue weighted by Gasteiger charge is 2.26. The van der Waals surface area contributed by atoms with Gasteiger partial charge in [-0.3, -0.25) is 4.90 Å². The second-order valence-electron chi connectivity index (χ2n) is 5.38. The Morgan fingerprint density at radius 2 is 2.20 bits per heavy atom. The fourth-order valence-corrected chi connectivity index (χ4v) is 2.67. The quantitative estimate of drug-likeness (QED) is 0.892. The van der Waals surface area contributed by atoms with Gasteiger partial charge in [0.15, 0.2) is 11.6 Å². The van der Waals surface area contributed by atoms with Crippen molar-refractivity contribution in [3.63, 3.8) is 0 Å². The zero-order valence-electron chi connectivity index (χ0n) is 12.7. The van der Waals surface area contributed by atoms with Crippen molar-refractivity contribution in [1.82, 2.24) is 15.2 Å². The molecule has 0 amide bonds. The molecule has 4 nitrogen and oxygen atoms in total. The number of aromatic nitrogens is 1. The highest BCUT2D eigenvalue weighted by atomic mass is 19.1. The van der Waals surface area contributed by atoms with Crippen LogP contribution in [0, 0.1) is 5.82 Å². The molecule has 1 fully saturated rings. The summed E-state index contributed by atoms with van der Waals surface area (Å²) in [5.74, 6) is 0.333. The largest absolute Gasteiger partial charge is 0.351 e. The maximum absolute atomic E-state index is 14.6. The zero-order chi connectivity index (χ0) is 14.5. The minimum atomic E-state index is -0.173. The van der Waals surface area contributed by atoms with E-state index in [1.807, 2.05) is 6.92 Å². The van der Waals surface area contributed by atoms with Crippen molar-refractivity contribution in [3.05, 3.63) is 23.6 Å². The first-order chi connectivity index (χ1) is 9.67. The van der Waals surface area contributed by atoms with E-state index in [4.69, 9.17) is 0 Å². The molecule has 1 unspecified atom stereocenters. The number of halogens is 1. The predicted molar refractivity (Wildman–Crippen MR) is 80.5 cm³/mol. The van der Waals surface area contributed by atoms with Crippen LogP contribution >= 0.6 is 0 Å².